The predicted molar refractivity (Wildman–Crippen MR) is 216 cm³/mol. The second-order valence-corrected chi connectivity index (χ2v) is 26.7. The molecule has 0 spiro atoms. The fraction of sp³-hybridized carbons (Fsp3) is 0.200. The van der Waals surface area contributed by atoms with Gasteiger partial charge in [-0.3, -0.25) is 0 Å². The molecule has 0 aliphatic rings. The molecular weight excluding hydrogens is 884 g/mol. The average molecular weight is 928 g/mol. The van der Waals surface area contributed by atoms with Gasteiger partial charge in [0.15, 0.2) is 0 Å². The van der Waals surface area contributed by atoms with E-state index < -0.39 is 30.9 Å². The van der Waals surface area contributed by atoms with Gasteiger partial charge in [-0.2, -0.15) is 11.3 Å². The molecule has 8 aromatic rings. The van der Waals surface area contributed by atoms with Crippen LogP contribution in [-0.4, -0.2) is 23.2 Å². The molecule has 51 heavy (non-hydrogen) atoms. The monoisotopic (exact) mass is 929 g/mol. The predicted octanol–water partition coefficient (Wildman–Crippen LogP) is 12.4. The van der Waals surface area contributed by atoms with Crippen LogP contribution < -0.4 is 4.40 Å². The summed E-state index contributed by atoms with van der Waals surface area (Å²) in [5.41, 5.74) is 3.87. The Balaban J connectivity index is 0.000000238. The number of halogens is 1. The van der Waals surface area contributed by atoms with E-state index >= 15 is 0 Å². The molecule has 0 amide bonds. The van der Waals surface area contributed by atoms with Gasteiger partial charge in [0.2, 0.25) is 0 Å². The van der Waals surface area contributed by atoms with Crippen molar-refractivity contribution in [1.29, 1.82) is 0 Å². The van der Waals surface area contributed by atoms with E-state index in [1.54, 1.807) is 38.2 Å². The van der Waals surface area contributed by atoms with Crippen molar-refractivity contribution in [3.63, 3.8) is 0 Å². The van der Waals surface area contributed by atoms with Crippen molar-refractivity contribution < 1.29 is 27.2 Å². The molecule has 0 bridgehead atoms. The third-order valence-corrected chi connectivity index (χ3v) is 14.2. The zero-order valence-electron chi connectivity index (χ0n) is 31.9. The van der Waals surface area contributed by atoms with Gasteiger partial charge >= 0.3 is 99.8 Å². The summed E-state index contributed by atoms with van der Waals surface area (Å²) in [4.78, 5) is 8.89. The Morgan fingerprint density at radius 3 is 2.22 bits per heavy atom. The molecule has 0 N–H and O–H groups in total. The fourth-order valence-corrected chi connectivity index (χ4v) is 9.58. The Labute approximate surface area is 323 Å². The summed E-state index contributed by atoms with van der Waals surface area (Å²) in [5.74, 6) is 6.51. The minimum absolute atomic E-state index is 0. The SMILES string of the molecule is [2H]C([2H])(c1cc(-c2[c-]ccc3c2sc2cc4cc5cc(C)ccc5cc4cc23)ncc1F)C(C)(C)C.[CH3][Ge]([CH3])([CH3])[c]1ccc(-c2[c-]cccc2)nc1.[Ir]. The van der Waals surface area contributed by atoms with Crippen molar-refractivity contribution in [3.05, 3.63) is 139 Å². The molecule has 0 aliphatic carbocycles. The molecule has 0 fully saturated rings. The standard InChI is InChI=1S/C31H25FNS.C14H16GeN.Ir/c1-18-8-9-19-11-21-13-26-24-6-5-7-25(28-14-23(16-31(2,3)4)27(32)17-33-28)30(24)34-29(26)15-22(21)12-20(19)10-18;1-15(2,3)13-9-10-14(16-11-13)12-7-5-4-6-8-12;/h5-6,8-15,17H,16H2,1-4H3;4-7,9-11H,1-3H3;/q2*-1;/i16D2;;. The number of nitrogens with zero attached hydrogens (tertiary/aromatic N) is 2. The van der Waals surface area contributed by atoms with Gasteiger partial charge in [-0.1, -0.05) is 56.0 Å². The van der Waals surface area contributed by atoms with Crippen LogP contribution in [0.1, 0.15) is 34.6 Å². The number of rotatable bonds is 4. The number of aryl methyl sites for hydroxylation is 1. The summed E-state index contributed by atoms with van der Waals surface area (Å²) >= 11 is -0.0450. The van der Waals surface area contributed by atoms with Crippen LogP contribution in [0.4, 0.5) is 4.39 Å². The van der Waals surface area contributed by atoms with Gasteiger partial charge in [0.25, 0.3) is 0 Å². The van der Waals surface area contributed by atoms with E-state index in [9.17, 15) is 4.39 Å². The first-order chi connectivity index (χ1) is 24.6. The number of thiophene rings is 1. The Kier molecular flexibility index (Phi) is 9.91. The van der Waals surface area contributed by atoms with Gasteiger partial charge in [-0.05, 0) is 85.9 Å². The molecule has 2 nitrogen and oxygen atoms in total. The summed E-state index contributed by atoms with van der Waals surface area (Å²) < 4.78 is 35.6. The summed E-state index contributed by atoms with van der Waals surface area (Å²) in [5, 5.41) is 7.09. The molecule has 1 radical (unpaired) electrons. The molecule has 259 valence electrons. The normalized spacial score (nSPS) is 12.7. The van der Waals surface area contributed by atoms with Crippen molar-refractivity contribution in [2.75, 3.05) is 0 Å². The first-order valence-corrected chi connectivity index (χ1v) is 25.1. The van der Waals surface area contributed by atoms with Gasteiger partial charge in [-0.25, -0.2) is 4.39 Å². The Morgan fingerprint density at radius 1 is 0.765 bits per heavy atom. The van der Waals surface area contributed by atoms with E-state index in [0.717, 1.165) is 43.2 Å². The quantitative estimate of drug-likeness (QED) is 0.0998. The first kappa shape index (κ1) is 34.4. The molecule has 0 saturated carbocycles. The van der Waals surface area contributed by atoms with E-state index in [4.69, 9.17) is 2.74 Å². The number of hydrogen-bond donors (Lipinski definition) is 0. The molecular formula is C45H41FGeIrN2S-2. The minimum Gasteiger partial charge on any atom is 0 e. The number of fused-ring (bicyclic) bond motifs is 5. The third-order valence-electron chi connectivity index (χ3n) is 8.74. The minimum atomic E-state index is -1.86. The second-order valence-electron chi connectivity index (χ2n) is 15.0. The van der Waals surface area contributed by atoms with Crippen LogP contribution >= 0.6 is 11.3 Å². The van der Waals surface area contributed by atoms with Gasteiger partial charge in [-0.15, -0.1) is 23.8 Å². The first-order valence-electron chi connectivity index (χ1n) is 17.9. The van der Waals surface area contributed by atoms with Crippen LogP contribution in [0.5, 0.6) is 0 Å². The van der Waals surface area contributed by atoms with Crippen molar-refractivity contribution in [3.8, 4) is 22.5 Å². The maximum Gasteiger partial charge on any atom is 0 e. The summed E-state index contributed by atoms with van der Waals surface area (Å²) in [6.07, 6.45) is 1.31. The number of pyridine rings is 2. The number of benzene rings is 5. The smallest absolute Gasteiger partial charge is 0 e. The molecule has 0 unspecified atom stereocenters. The molecule has 6 heteroatoms. The van der Waals surface area contributed by atoms with Crippen molar-refractivity contribution in [1.82, 2.24) is 9.97 Å². The molecule has 3 aromatic heterocycles. The molecule has 0 saturated heterocycles. The van der Waals surface area contributed by atoms with Gasteiger partial charge < -0.3 is 4.98 Å². The average Bonchev–Trinajstić information content (AvgIpc) is 3.47. The van der Waals surface area contributed by atoms with E-state index in [0.29, 0.717) is 5.69 Å². The van der Waals surface area contributed by atoms with E-state index in [1.165, 1.54) is 31.5 Å². The van der Waals surface area contributed by atoms with E-state index in [1.807, 2.05) is 36.5 Å². The topological polar surface area (TPSA) is 25.8 Å². The molecule has 3 heterocycles. The van der Waals surface area contributed by atoms with Crippen molar-refractivity contribution >= 4 is 70.7 Å². The van der Waals surface area contributed by atoms with Crippen LogP contribution in [-0.2, 0) is 26.5 Å². The van der Waals surface area contributed by atoms with E-state index in [2.05, 4.69) is 107 Å². The third kappa shape index (κ3) is 8.18. The largest absolute Gasteiger partial charge is 0 e. The molecule has 0 atom stereocenters. The zero-order valence-corrected chi connectivity index (χ0v) is 35.2. The second kappa shape index (κ2) is 14.7. The summed E-state index contributed by atoms with van der Waals surface area (Å²) in [6, 6.07) is 39.8. The fourth-order valence-electron chi connectivity index (χ4n) is 6.17. The van der Waals surface area contributed by atoms with Crippen molar-refractivity contribution in [2.24, 2.45) is 5.41 Å². The number of aromatic nitrogens is 2. The van der Waals surface area contributed by atoms with Crippen LogP contribution in [0.25, 0.3) is 64.2 Å². The Bertz CT molecular complexity index is 2590. The molecule has 5 aromatic carbocycles. The van der Waals surface area contributed by atoms with Gasteiger partial charge in [0.1, 0.15) is 5.82 Å². The maximum absolute atomic E-state index is 14.8. The Morgan fingerprint density at radius 2 is 1.51 bits per heavy atom. The molecule has 0 aliphatic heterocycles. The van der Waals surface area contributed by atoms with Crippen LogP contribution in [0.3, 0.4) is 0 Å². The Hall–Kier alpha value is -3.74. The molecule has 8 rings (SSSR count). The van der Waals surface area contributed by atoms with Crippen LogP contribution in [0, 0.1) is 30.3 Å². The van der Waals surface area contributed by atoms with Gasteiger partial charge in [0.05, 0.1) is 6.20 Å². The zero-order chi connectivity index (χ0) is 37.0. The van der Waals surface area contributed by atoms with Crippen molar-refractivity contribution in [2.45, 2.75) is 51.3 Å². The van der Waals surface area contributed by atoms with Crippen LogP contribution in [0.15, 0.2) is 109 Å². The maximum atomic E-state index is 14.8. The summed E-state index contributed by atoms with van der Waals surface area (Å²) in [6.45, 7) is 7.45. The number of hydrogen-bond acceptors (Lipinski definition) is 3. The van der Waals surface area contributed by atoms with Crippen LogP contribution in [0.2, 0.25) is 17.3 Å². The van der Waals surface area contributed by atoms with Gasteiger partial charge in [0, 0.05) is 27.5 Å². The summed E-state index contributed by atoms with van der Waals surface area (Å²) in [7, 11) is 0. The van der Waals surface area contributed by atoms with E-state index in [-0.39, 0.29) is 25.7 Å².